The lowest BCUT2D eigenvalue weighted by molar-refractivity contribution is 0.170. The summed E-state index contributed by atoms with van der Waals surface area (Å²) in [7, 11) is 0. The number of thiol groups is 1. The average molecular weight is 244 g/mol. The Labute approximate surface area is 99.5 Å². The number of hydrogen-bond acceptors (Lipinski definition) is 4. The van der Waals surface area contributed by atoms with Crippen LogP contribution in [0, 0.1) is 0 Å². The van der Waals surface area contributed by atoms with Gasteiger partial charge in [0.2, 0.25) is 0 Å². The van der Waals surface area contributed by atoms with Crippen LogP contribution in [0.3, 0.4) is 0 Å². The number of nitrogens with zero attached hydrogens (tertiary/aromatic N) is 6. The van der Waals surface area contributed by atoms with Crippen LogP contribution in [0.1, 0.15) is 32.1 Å². The second-order valence-electron chi connectivity index (χ2n) is 3.38. The average Bonchev–Trinajstić information content (AvgIpc) is 2.23. The summed E-state index contributed by atoms with van der Waals surface area (Å²) in [5, 5.41) is 15.8. The summed E-state index contributed by atoms with van der Waals surface area (Å²) in [6, 6.07) is 0. The first kappa shape index (κ1) is 14.9. The van der Waals surface area contributed by atoms with E-state index in [9.17, 15) is 0 Å². The Balaban J connectivity index is 3.46. The molecule has 0 radical (unpaired) electrons. The predicted octanol–water partition coefficient (Wildman–Crippen LogP) is 3.17. The zero-order valence-electron chi connectivity index (χ0n) is 8.98. The molecule has 1 N–H and O–H groups in total. The molecule has 0 saturated carbocycles. The topological polar surface area (TPSA) is 118 Å². The lowest BCUT2D eigenvalue weighted by Crippen LogP contribution is -2.10. The number of azide groups is 2. The van der Waals surface area contributed by atoms with Crippen LogP contribution in [-0.2, 0) is 0 Å². The van der Waals surface area contributed by atoms with Gasteiger partial charge in [-0.25, -0.2) is 0 Å². The summed E-state index contributed by atoms with van der Waals surface area (Å²) >= 11 is 4.28. The normalized spacial score (nSPS) is 13.4. The molecule has 2 atom stereocenters. The number of unbranched alkanes of at least 4 members (excludes halogenated alkanes) is 2. The highest BCUT2D eigenvalue weighted by molar-refractivity contribution is 7.80. The molecule has 0 spiro atoms. The smallest absolute Gasteiger partial charge is 0.134 e. The molecule has 0 aliphatic carbocycles. The van der Waals surface area contributed by atoms with Gasteiger partial charge in [0, 0.05) is 21.6 Å². The summed E-state index contributed by atoms with van der Waals surface area (Å²) in [6.07, 6.45) is 3.01. The quantitative estimate of drug-likeness (QED) is 0.209. The minimum atomic E-state index is -0.990. The Morgan fingerprint density at radius 2 is 1.94 bits per heavy atom. The zero-order valence-corrected chi connectivity index (χ0v) is 9.87. The molecule has 0 fully saturated rings. The third-order valence-electron chi connectivity index (χ3n) is 2.03. The van der Waals surface area contributed by atoms with E-state index < -0.39 is 6.23 Å². The second kappa shape index (κ2) is 10.4. The highest BCUT2D eigenvalue weighted by atomic mass is 32.1. The van der Waals surface area contributed by atoms with Gasteiger partial charge in [0.1, 0.15) is 6.23 Å². The van der Waals surface area contributed by atoms with Crippen molar-refractivity contribution in [1.82, 2.24) is 0 Å². The van der Waals surface area contributed by atoms with Crippen LogP contribution in [0.4, 0.5) is 0 Å². The van der Waals surface area contributed by atoms with Gasteiger partial charge in [-0.1, -0.05) is 23.1 Å². The minimum Gasteiger partial charge on any atom is -0.387 e. The molecule has 90 valence electrons. The Hall–Kier alpha value is -1.07. The van der Waals surface area contributed by atoms with Crippen molar-refractivity contribution in [3.63, 3.8) is 0 Å². The number of rotatable bonds is 9. The van der Waals surface area contributed by atoms with Gasteiger partial charge >= 0.3 is 0 Å². The summed E-state index contributed by atoms with van der Waals surface area (Å²) in [5.74, 6) is 0. The van der Waals surface area contributed by atoms with Crippen molar-refractivity contribution in [2.75, 3.05) is 6.54 Å². The van der Waals surface area contributed by atoms with Crippen molar-refractivity contribution in [3.8, 4) is 0 Å². The first-order valence-electron chi connectivity index (χ1n) is 5.12. The molecule has 0 bridgehead atoms. The fourth-order valence-corrected chi connectivity index (χ4v) is 1.62. The predicted molar refractivity (Wildman–Crippen MR) is 65.0 cm³/mol. The number of aliphatic hydroxyl groups excluding tert-OH is 1. The second-order valence-corrected chi connectivity index (χ2v) is 4.11. The van der Waals surface area contributed by atoms with E-state index >= 15 is 0 Å². The lowest BCUT2D eigenvalue weighted by atomic mass is 10.1. The van der Waals surface area contributed by atoms with E-state index in [1.807, 2.05) is 0 Å². The van der Waals surface area contributed by atoms with Crippen LogP contribution in [0.2, 0.25) is 0 Å². The molecule has 16 heavy (non-hydrogen) atoms. The fraction of sp³-hybridized carbons (Fsp3) is 1.00. The van der Waals surface area contributed by atoms with Crippen LogP contribution < -0.4 is 0 Å². The third-order valence-corrected chi connectivity index (χ3v) is 2.50. The van der Waals surface area contributed by atoms with E-state index in [1.165, 1.54) is 0 Å². The van der Waals surface area contributed by atoms with Crippen molar-refractivity contribution in [2.24, 2.45) is 10.2 Å². The van der Waals surface area contributed by atoms with Crippen molar-refractivity contribution in [1.29, 1.82) is 0 Å². The van der Waals surface area contributed by atoms with Gasteiger partial charge in [0.15, 0.2) is 0 Å². The Morgan fingerprint density at radius 1 is 1.19 bits per heavy atom. The molecule has 0 saturated heterocycles. The van der Waals surface area contributed by atoms with Gasteiger partial charge in [-0.05, 0) is 30.3 Å². The molecule has 0 aliphatic heterocycles. The molecular weight excluding hydrogens is 228 g/mol. The van der Waals surface area contributed by atoms with Crippen molar-refractivity contribution < 1.29 is 5.11 Å². The third kappa shape index (κ3) is 9.48. The van der Waals surface area contributed by atoms with Crippen LogP contribution in [-0.4, -0.2) is 23.1 Å². The van der Waals surface area contributed by atoms with Gasteiger partial charge in [-0.2, -0.15) is 12.6 Å². The Morgan fingerprint density at radius 3 is 2.56 bits per heavy atom. The Bertz CT molecular complexity index is 274. The van der Waals surface area contributed by atoms with E-state index in [1.54, 1.807) is 0 Å². The van der Waals surface area contributed by atoms with Gasteiger partial charge in [0.25, 0.3) is 0 Å². The van der Waals surface area contributed by atoms with E-state index in [2.05, 4.69) is 32.7 Å². The van der Waals surface area contributed by atoms with Crippen molar-refractivity contribution in [3.05, 3.63) is 20.9 Å². The Kier molecular flexibility index (Phi) is 9.75. The first-order valence-corrected chi connectivity index (χ1v) is 5.63. The standard InChI is InChI=1S/C8H16N6OS/c9-13-11-5-3-1-2-4-7(16)6-8(15)12-14-10/h7-8,15-16H,1-6H2. The molecule has 2 unspecified atom stereocenters. The summed E-state index contributed by atoms with van der Waals surface area (Å²) in [6.45, 7) is 0.523. The van der Waals surface area contributed by atoms with Gasteiger partial charge in [-0.15, -0.1) is 0 Å². The van der Waals surface area contributed by atoms with Gasteiger partial charge < -0.3 is 5.11 Å². The maximum absolute atomic E-state index is 9.17. The van der Waals surface area contributed by atoms with Crippen LogP contribution in [0.15, 0.2) is 10.2 Å². The number of aliphatic hydroxyl groups is 1. The SMILES string of the molecule is [N-]=[N+]=NCCCCCC(S)CC(O)N=[N+]=[N-]. The monoisotopic (exact) mass is 244 g/mol. The molecule has 0 heterocycles. The largest absolute Gasteiger partial charge is 0.387 e. The van der Waals surface area contributed by atoms with E-state index in [-0.39, 0.29) is 5.25 Å². The van der Waals surface area contributed by atoms with Crippen molar-refractivity contribution >= 4 is 12.6 Å². The van der Waals surface area contributed by atoms with Gasteiger partial charge in [0.05, 0.1) is 0 Å². The molecular formula is C8H16N6OS. The van der Waals surface area contributed by atoms with Crippen LogP contribution in [0.25, 0.3) is 20.9 Å². The molecule has 0 aromatic carbocycles. The molecule has 8 heteroatoms. The van der Waals surface area contributed by atoms with E-state index in [0.717, 1.165) is 25.7 Å². The molecule has 0 aromatic heterocycles. The van der Waals surface area contributed by atoms with Gasteiger partial charge in [-0.3, -0.25) is 0 Å². The molecule has 0 amide bonds. The van der Waals surface area contributed by atoms with Crippen LogP contribution in [0.5, 0.6) is 0 Å². The molecule has 0 rings (SSSR count). The maximum Gasteiger partial charge on any atom is 0.134 e. The zero-order chi connectivity index (χ0) is 12.2. The lowest BCUT2D eigenvalue weighted by Gasteiger charge is -2.11. The van der Waals surface area contributed by atoms with E-state index in [4.69, 9.17) is 16.2 Å². The molecule has 7 nitrogen and oxygen atoms in total. The van der Waals surface area contributed by atoms with E-state index in [0.29, 0.717) is 13.0 Å². The van der Waals surface area contributed by atoms with Crippen molar-refractivity contribution in [2.45, 2.75) is 43.6 Å². The van der Waals surface area contributed by atoms with Crippen LogP contribution >= 0.6 is 12.6 Å². The summed E-state index contributed by atoms with van der Waals surface area (Å²) in [4.78, 5) is 5.17. The summed E-state index contributed by atoms with van der Waals surface area (Å²) < 4.78 is 0. The first-order chi connectivity index (χ1) is 7.70. The molecule has 0 aliphatic rings. The highest BCUT2D eigenvalue weighted by Crippen LogP contribution is 2.14. The fourth-order valence-electron chi connectivity index (χ4n) is 1.25. The number of hydrogen-bond donors (Lipinski definition) is 2. The molecule has 0 aromatic rings. The summed E-state index contributed by atoms with van der Waals surface area (Å²) in [5.41, 5.74) is 16.1. The highest BCUT2D eigenvalue weighted by Gasteiger charge is 2.08. The maximum atomic E-state index is 9.17. The minimum absolute atomic E-state index is 0.0277.